The van der Waals surface area contributed by atoms with Crippen LogP contribution in [0, 0.1) is 0 Å². The fourth-order valence-electron chi connectivity index (χ4n) is 1.10. The van der Waals surface area contributed by atoms with Gasteiger partial charge in [-0.2, -0.15) is 43.2 Å². The van der Waals surface area contributed by atoms with E-state index >= 15 is 0 Å². The van der Waals surface area contributed by atoms with Gasteiger partial charge in [-0.05, 0) is 0 Å². The molecule has 2 amide bonds. The van der Waals surface area contributed by atoms with Gasteiger partial charge < -0.3 is 0 Å². The minimum atomic E-state index is -8.03. The van der Waals surface area contributed by atoms with Crippen molar-refractivity contribution in [3.8, 4) is 0 Å². The predicted octanol–water partition coefficient (Wildman–Crippen LogP) is 1.38. The number of carbonyl (C=O) groups is 2. The summed E-state index contributed by atoms with van der Waals surface area (Å²) in [6.45, 7) is 0. The minimum absolute atomic E-state index is 3.49. The van der Waals surface area contributed by atoms with Gasteiger partial charge in [-0.1, -0.05) is 0 Å². The number of rotatable bonds is 2. The molecule has 28 heavy (non-hydrogen) atoms. The van der Waals surface area contributed by atoms with Gasteiger partial charge in [0, 0.05) is 0 Å². The molecule has 0 aliphatic heterocycles. The maximum Gasteiger partial charge on any atom is 0.517 e. The summed E-state index contributed by atoms with van der Waals surface area (Å²) in [5.41, 5.74) is -14.2. The zero-order valence-corrected chi connectivity index (χ0v) is 13.3. The Balaban J connectivity index is 6.77. The summed E-state index contributed by atoms with van der Waals surface area (Å²) < 4.78 is 184. The van der Waals surface area contributed by atoms with Crippen LogP contribution in [0.2, 0.25) is 0 Å². The number of hydrogen-bond acceptors (Lipinski definition) is 6. The highest BCUT2D eigenvalue weighted by molar-refractivity contribution is 7.91. The van der Waals surface area contributed by atoms with Crippen molar-refractivity contribution in [1.29, 1.82) is 0 Å². The molecular weight excluding hydrogens is 488 g/mol. The van der Waals surface area contributed by atoms with Crippen molar-refractivity contribution in [2.45, 2.75) is 23.6 Å². The molecule has 22 heteroatoms. The summed E-state index contributed by atoms with van der Waals surface area (Å²) in [6.07, 6.45) is -14.3. The molecule has 0 fully saturated rings. The molecule has 0 atom stereocenters. The Hall–Kier alpha value is -2.00. The number of sulfonamides is 2. The Morgan fingerprint density at radius 2 is 0.679 bits per heavy atom. The molecule has 0 aromatic heterocycles. The highest BCUT2D eigenvalue weighted by atomic mass is 32.2. The van der Waals surface area contributed by atoms with Crippen LogP contribution in [0.15, 0.2) is 0 Å². The topological polar surface area (TPSA) is 109 Å². The summed E-state index contributed by atoms with van der Waals surface area (Å²) in [7, 11) is -16.1. The molecule has 0 spiro atoms. The van der Waals surface area contributed by atoms with Crippen molar-refractivity contribution in [3.05, 3.63) is 0 Å². The summed E-state index contributed by atoms with van der Waals surface area (Å²) >= 11 is 0. The molecule has 0 aliphatic carbocycles. The zero-order valence-electron chi connectivity index (χ0n) is 11.7. The van der Waals surface area contributed by atoms with Crippen LogP contribution in [-0.2, 0) is 29.6 Å². The van der Waals surface area contributed by atoms with Gasteiger partial charge >= 0.3 is 55.5 Å². The highest BCUT2D eigenvalue weighted by Crippen LogP contribution is 2.38. The normalized spacial score (nSPS) is 14.6. The third-order valence-corrected chi connectivity index (χ3v) is 4.96. The minimum Gasteiger partial charge on any atom is -0.262 e. The Morgan fingerprint density at radius 1 is 0.500 bits per heavy atom. The zero-order chi connectivity index (χ0) is 23.3. The van der Waals surface area contributed by atoms with E-state index < -0.39 is 64.1 Å². The van der Waals surface area contributed by atoms with Crippen molar-refractivity contribution in [3.63, 3.8) is 0 Å². The van der Waals surface area contributed by atoms with Gasteiger partial charge in [0.25, 0.3) is 0 Å². The molecular formula is C6F12N2O6S2. The number of carbonyl (C=O) groups excluding carboxylic acids is 2. The van der Waals surface area contributed by atoms with Crippen LogP contribution < -0.4 is 0 Å². The third kappa shape index (κ3) is 4.70. The molecule has 0 rings (SSSR count). The molecule has 0 N–H and O–H groups in total. The van der Waals surface area contributed by atoms with Crippen molar-refractivity contribution < 1.29 is 79.1 Å². The molecule has 0 bridgehead atoms. The first-order valence-corrected chi connectivity index (χ1v) is 8.14. The molecule has 0 unspecified atom stereocenters. The van der Waals surface area contributed by atoms with Crippen LogP contribution in [0.1, 0.15) is 0 Å². The fourth-order valence-corrected chi connectivity index (χ4v) is 2.65. The first-order valence-electron chi connectivity index (χ1n) is 5.26. The second kappa shape index (κ2) is 6.81. The summed E-state index contributed by atoms with van der Waals surface area (Å²) in [5.74, 6) is -8.93. The van der Waals surface area contributed by atoms with E-state index in [-0.39, 0.29) is 0 Å². The fraction of sp³-hybridized carbons (Fsp3) is 0.667. The molecule has 8 nitrogen and oxygen atoms in total. The van der Waals surface area contributed by atoms with Crippen LogP contribution >= 0.6 is 0 Å². The van der Waals surface area contributed by atoms with E-state index in [2.05, 4.69) is 0 Å². The van der Waals surface area contributed by atoms with Crippen molar-refractivity contribution in [1.82, 2.24) is 8.61 Å². The van der Waals surface area contributed by atoms with E-state index in [0.29, 0.717) is 0 Å². The monoisotopic (exact) mass is 488 g/mol. The maximum absolute atomic E-state index is 12.4. The average Bonchev–Trinajstić information content (AvgIpc) is 2.31. The molecule has 0 aromatic carbocycles. The molecule has 0 aromatic rings. The molecule has 166 valence electrons. The van der Waals surface area contributed by atoms with Gasteiger partial charge in [-0.3, -0.25) is 9.59 Å². The van der Waals surface area contributed by atoms with Gasteiger partial charge in [0.05, 0.1) is 0 Å². The first-order chi connectivity index (χ1) is 11.8. The number of amides is 2. The van der Waals surface area contributed by atoms with E-state index in [1.807, 2.05) is 0 Å². The lowest BCUT2D eigenvalue weighted by Gasteiger charge is -2.28. The van der Waals surface area contributed by atoms with Gasteiger partial charge in [0.15, 0.2) is 0 Å². The quantitative estimate of drug-likeness (QED) is 0.330. The van der Waals surface area contributed by atoms with E-state index in [1.54, 1.807) is 0 Å². The molecule has 0 aliphatic rings. The van der Waals surface area contributed by atoms with Crippen LogP contribution in [0.25, 0.3) is 0 Å². The predicted molar refractivity (Wildman–Crippen MR) is 55.8 cm³/mol. The number of alkyl halides is 12. The molecule has 0 heterocycles. The van der Waals surface area contributed by atoms with Gasteiger partial charge in [0.2, 0.25) is 0 Å². The highest BCUT2D eigenvalue weighted by Gasteiger charge is 2.67. The number of nitrogens with zero attached hydrogens (tertiary/aromatic N) is 2. The number of halogens is 12. The van der Waals surface area contributed by atoms with Gasteiger partial charge in [-0.15, -0.1) is 35.0 Å². The van der Waals surface area contributed by atoms with Crippen LogP contribution in [0.5, 0.6) is 0 Å². The SMILES string of the molecule is O=C(C(=O)N(C(F)(F)F)S(=O)(=O)C(F)(F)F)N(C(F)(F)F)S(=O)(=O)C(F)(F)F. The number of hydrogen-bond donors (Lipinski definition) is 0. The summed E-state index contributed by atoms with van der Waals surface area (Å²) in [4.78, 5) is 22.1. The van der Waals surface area contributed by atoms with Crippen LogP contribution in [0.4, 0.5) is 52.7 Å². The lowest BCUT2D eigenvalue weighted by Crippen LogP contribution is -2.60. The van der Waals surface area contributed by atoms with Gasteiger partial charge in [-0.25, -0.2) is 0 Å². The molecule has 0 radical (unpaired) electrons. The lowest BCUT2D eigenvalue weighted by atomic mass is 10.5. The average molecular weight is 488 g/mol. The maximum atomic E-state index is 12.4. The second-order valence-electron chi connectivity index (χ2n) is 3.98. The Kier molecular flexibility index (Phi) is 6.32. The molecule has 0 saturated heterocycles. The Labute approximate surface area is 144 Å². The van der Waals surface area contributed by atoms with Crippen LogP contribution in [-0.4, -0.2) is 60.9 Å². The standard InChI is InChI=1S/C6F12N2O6S2/c7-3(8,9)19(27(23,24)5(13,14)15)1(21)2(22)20(4(10,11)12)28(25,26)6(16,17)18. The van der Waals surface area contributed by atoms with Gasteiger partial charge in [0.1, 0.15) is 0 Å². The third-order valence-electron chi connectivity index (χ3n) is 2.08. The van der Waals surface area contributed by atoms with E-state index in [0.717, 1.165) is 0 Å². The van der Waals surface area contributed by atoms with E-state index in [4.69, 9.17) is 0 Å². The molecule has 0 saturated carbocycles. The Morgan fingerprint density at radius 3 is 0.786 bits per heavy atom. The van der Waals surface area contributed by atoms with Crippen molar-refractivity contribution >= 4 is 31.9 Å². The largest absolute Gasteiger partial charge is 0.517 e. The Bertz CT molecular complexity index is 775. The smallest absolute Gasteiger partial charge is 0.262 e. The van der Waals surface area contributed by atoms with E-state index in [1.165, 1.54) is 0 Å². The summed E-state index contributed by atoms with van der Waals surface area (Å²) in [6, 6.07) is 0. The van der Waals surface area contributed by atoms with Crippen molar-refractivity contribution in [2.75, 3.05) is 0 Å². The summed E-state index contributed by atoms with van der Waals surface area (Å²) in [5, 5.41) is 0. The van der Waals surface area contributed by atoms with Crippen LogP contribution in [0.3, 0.4) is 0 Å². The second-order valence-corrected chi connectivity index (χ2v) is 7.53. The van der Waals surface area contributed by atoms with Crippen molar-refractivity contribution in [2.24, 2.45) is 0 Å². The first kappa shape index (κ1) is 26.0. The van der Waals surface area contributed by atoms with E-state index in [9.17, 15) is 79.1 Å². The lowest BCUT2D eigenvalue weighted by molar-refractivity contribution is -0.229.